The van der Waals surface area contributed by atoms with E-state index in [1.54, 1.807) is 19.1 Å². The molecule has 0 spiro atoms. The van der Waals surface area contributed by atoms with Crippen molar-refractivity contribution in [2.45, 2.75) is 13.8 Å². The number of carbonyl (C=O) groups is 1. The molecule has 1 rings (SSSR count). The van der Waals surface area contributed by atoms with Gasteiger partial charge in [-0.15, -0.1) is 0 Å². The average Bonchev–Trinajstić information content (AvgIpc) is 2.78. The summed E-state index contributed by atoms with van der Waals surface area (Å²) < 4.78 is 4.87. The zero-order chi connectivity index (χ0) is 12.7. The lowest BCUT2D eigenvalue weighted by molar-refractivity contribution is 0.0519. The Labute approximate surface area is 101 Å². The molecule has 17 heavy (non-hydrogen) atoms. The molecule has 0 atom stereocenters. The Morgan fingerprint density at radius 1 is 1.65 bits per heavy atom. The van der Waals surface area contributed by atoms with Gasteiger partial charge < -0.3 is 4.74 Å². The topological polar surface area (TPSA) is 55.0 Å². The van der Waals surface area contributed by atoms with E-state index in [1.165, 1.54) is 0 Å². The van der Waals surface area contributed by atoms with Crippen LogP contribution < -0.4 is 0 Å². The summed E-state index contributed by atoms with van der Waals surface area (Å²) in [5, 5.41) is 6.72. The van der Waals surface area contributed by atoms with E-state index in [-0.39, 0.29) is 0 Å². The van der Waals surface area contributed by atoms with Crippen LogP contribution in [0.4, 0.5) is 0 Å². The summed E-state index contributed by atoms with van der Waals surface area (Å²) in [6.07, 6.45) is 7.29. The highest BCUT2D eigenvalue weighted by atomic mass is 16.5. The molecule has 4 heteroatoms. The summed E-state index contributed by atoms with van der Waals surface area (Å²) in [7, 11) is 0. The molecule has 0 saturated heterocycles. The minimum absolute atomic E-state index is 0.345. The van der Waals surface area contributed by atoms with Crippen LogP contribution in [-0.4, -0.2) is 22.8 Å². The second-order valence-electron chi connectivity index (χ2n) is 3.25. The smallest absolute Gasteiger partial charge is 0.356 e. The van der Waals surface area contributed by atoms with Gasteiger partial charge in [-0.05, 0) is 19.9 Å². The SMILES string of the molecule is C=C/C=C(\C=C/C)c1cc(C(=O)OCC)[nH]n1. The highest BCUT2D eigenvalue weighted by Crippen LogP contribution is 2.15. The lowest BCUT2D eigenvalue weighted by atomic mass is 10.1. The summed E-state index contributed by atoms with van der Waals surface area (Å²) in [5.41, 5.74) is 1.92. The number of hydrogen-bond donors (Lipinski definition) is 1. The number of nitrogens with zero attached hydrogens (tertiary/aromatic N) is 1. The summed E-state index contributed by atoms with van der Waals surface area (Å²) in [6, 6.07) is 1.66. The van der Waals surface area contributed by atoms with E-state index in [4.69, 9.17) is 4.74 Å². The first-order chi connectivity index (χ1) is 8.22. The van der Waals surface area contributed by atoms with Crippen molar-refractivity contribution in [3.05, 3.63) is 48.3 Å². The molecule has 0 saturated carbocycles. The molecule has 0 bridgehead atoms. The number of esters is 1. The number of carbonyl (C=O) groups excluding carboxylic acids is 1. The van der Waals surface area contributed by atoms with Gasteiger partial charge in [0.05, 0.1) is 12.3 Å². The summed E-state index contributed by atoms with van der Waals surface area (Å²) >= 11 is 0. The van der Waals surface area contributed by atoms with Gasteiger partial charge in [0.1, 0.15) is 5.69 Å². The molecule has 1 aromatic rings. The zero-order valence-corrected chi connectivity index (χ0v) is 10.1. The first kappa shape index (κ1) is 13.0. The fourth-order valence-electron chi connectivity index (χ4n) is 1.32. The number of hydrogen-bond acceptors (Lipinski definition) is 3. The first-order valence-corrected chi connectivity index (χ1v) is 5.41. The second-order valence-corrected chi connectivity index (χ2v) is 3.25. The van der Waals surface area contributed by atoms with E-state index < -0.39 is 5.97 Å². The lowest BCUT2D eigenvalue weighted by Gasteiger charge is -1.96. The van der Waals surface area contributed by atoms with Gasteiger partial charge in [-0.25, -0.2) is 4.79 Å². The molecule has 1 aromatic heterocycles. The molecule has 0 aliphatic heterocycles. The van der Waals surface area contributed by atoms with Crippen molar-refractivity contribution >= 4 is 11.5 Å². The molecule has 0 fully saturated rings. The van der Waals surface area contributed by atoms with Crippen LogP contribution in [0.1, 0.15) is 30.0 Å². The van der Waals surface area contributed by atoms with Gasteiger partial charge in [0.25, 0.3) is 0 Å². The fourth-order valence-corrected chi connectivity index (χ4v) is 1.32. The first-order valence-electron chi connectivity index (χ1n) is 5.41. The molecule has 1 N–H and O–H groups in total. The largest absolute Gasteiger partial charge is 0.461 e. The second kappa shape index (κ2) is 6.48. The summed E-state index contributed by atoms with van der Waals surface area (Å²) in [6.45, 7) is 7.66. The van der Waals surface area contributed by atoms with Crippen molar-refractivity contribution in [1.82, 2.24) is 10.2 Å². The quantitative estimate of drug-likeness (QED) is 0.627. The van der Waals surface area contributed by atoms with Crippen LogP contribution in [0, 0.1) is 0 Å². The van der Waals surface area contributed by atoms with E-state index in [0.29, 0.717) is 18.0 Å². The van der Waals surface area contributed by atoms with Crippen molar-refractivity contribution in [3.8, 4) is 0 Å². The molecule has 0 radical (unpaired) electrons. The Morgan fingerprint density at radius 2 is 2.41 bits per heavy atom. The van der Waals surface area contributed by atoms with E-state index in [1.807, 2.05) is 25.2 Å². The standard InChI is InChI=1S/C13H16N2O2/c1-4-7-10(8-5-2)11-9-12(15-14-11)13(16)17-6-3/h4-5,7-9H,1,6H2,2-3H3,(H,14,15)/b8-5-,10-7+. The molecule has 0 aliphatic rings. The van der Waals surface area contributed by atoms with Crippen molar-refractivity contribution < 1.29 is 9.53 Å². The predicted molar refractivity (Wildman–Crippen MR) is 67.5 cm³/mol. The zero-order valence-electron chi connectivity index (χ0n) is 10.1. The Balaban J connectivity index is 2.96. The summed E-state index contributed by atoms with van der Waals surface area (Å²) in [4.78, 5) is 11.4. The number of rotatable bonds is 5. The maximum Gasteiger partial charge on any atom is 0.356 e. The maximum absolute atomic E-state index is 11.4. The van der Waals surface area contributed by atoms with Gasteiger partial charge in [-0.1, -0.05) is 30.9 Å². The van der Waals surface area contributed by atoms with Gasteiger partial charge in [0.2, 0.25) is 0 Å². The molecule has 0 unspecified atom stereocenters. The highest BCUT2D eigenvalue weighted by molar-refractivity contribution is 5.88. The molecule has 4 nitrogen and oxygen atoms in total. The lowest BCUT2D eigenvalue weighted by Crippen LogP contribution is -2.04. The normalized spacial score (nSPS) is 11.8. The third-order valence-electron chi connectivity index (χ3n) is 2.01. The van der Waals surface area contributed by atoms with Crippen LogP contribution in [0.2, 0.25) is 0 Å². The van der Waals surface area contributed by atoms with Crippen LogP contribution in [0.25, 0.3) is 5.57 Å². The number of nitrogens with one attached hydrogen (secondary N) is 1. The highest BCUT2D eigenvalue weighted by Gasteiger charge is 2.11. The molecular formula is C13H16N2O2. The van der Waals surface area contributed by atoms with E-state index in [2.05, 4.69) is 16.8 Å². The Bertz CT molecular complexity index is 456. The minimum Gasteiger partial charge on any atom is -0.461 e. The van der Waals surface area contributed by atoms with E-state index >= 15 is 0 Å². The monoisotopic (exact) mass is 232 g/mol. The van der Waals surface area contributed by atoms with Crippen LogP contribution in [0.15, 0.2) is 36.9 Å². The van der Waals surface area contributed by atoms with Crippen LogP contribution >= 0.6 is 0 Å². The van der Waals surface area contributed by atoms with Gasteiger partial charge in [-0.3, -0.25) is 5.10 Å². The van der Waals surface area contributed by atoms with Gasteiger partial charge >= 0.3 is 5.97 Å². The Morgan fingerprint density at radius 3 is 3.00 bits per heavy atom. The number of aromatic nitrogens is 2. The third-order valence-corrected chi connectivity index (χ3v) is 2.01. The third kappa shape index (κ3) is 3.45. The van der Waals surface area contributed by atoms with E-state index in [0.717, 1.165) is 5.57 Å². The predicted octanol–water partition coefficient (Wildman–Crippen LogP) is 2.73. The average molecular weight is 232 g/mol. The molecular weight excluding hydrogens is 216 g/mol. The molecule has 1 heterocycles. The van der Waals surface area contributed by atoms with Crippen molar-refractivity contribution in [3.63, 3.8) is 0 Å². The molecule has 0 aliphatic carbocycles. The van der Waals surface area contributed by atoms with Crippen molar-refractivity contribution in [1.29, 1.82) is 0 Å². The summed E-state index contributed by atoms with van der Waals surface area (Å²) in [5.74, 6) is -0.398. The van der Waals surface area contributed by atoms with Gasteiger partial charge in [0.15, 0.2) is 0 Å². The van der Waals surface area contributed by atoms with Crippen molar-refractivity contribution in [2.24, 2.45) is 0 Å². The van der Waals surface area contributed by atoms with Gasteiger partial charge in [-0.2, -0.15) is 5.10 Å². The van der Waals surface area contributed by atoms with Gasteiger partial charge in [0, 0.05) is 5.57 Å². The number of ether oxygens (including phenoxy) is 1. The van der Waals surface area contributed by atoms with Crippen LogP contribution in [-0.2, 0) is 4.74 Å². The number of allylic oxidation sites excluding steroid dienone is 5. The number of aromatic amines is 1. The van der Waals surface area contributed by atoms with Crippen LogP contribution in [0.5, 0.6) is 0 Å². The molecule has 90 valence electrons. The van der Waals surface area contributed by atoms with Crippen LogP contribution in [0.3, 0.4) is 0 Å². The van der Waals surface area contributed by atoms with Crippen molar-refractivity contribution in [2.75, 3.05) is 6.61 Å². The molecule has 0 amide bonds. The Kier molecular flexibility index (Phi) is 4.94. The Hall–Kier alpha value is -2.10. The minimum atomic E-state index is -0.398. The number of H-pyrrole nitrogens is 1. The molecule has 0 aromatic carbocycles. The fraction of sp³-hybridized carbons (Fsp3) is 0.231. The van der Waals surface area contributed by atoms with E-state index in [9.17, 15) is 4.79 Å². The maximum atomic E-state index is 11.4.